The van der Waals surface area contributed by atoms with Crippen molar-refractivity contribution < 1.29 is 14.3 Å². The maximum absolute atomic E-state index is 13.3. The van der Waals surface area contributed by atoms with E-state index in [-0.39, 0.29) is 10.2 Å². The first-order valence-corrected chi connectivity index (χ1v) is 22.4. The third-order valence-electron chi connectivity index (χ3n) is 5.13. The minimum atomic E-state index is -2.67. The fourth-order valence-corrected chi connectivity index (χ4v) is 9.83. The van der Waals surface area contributed by atoms with Crippen LogP contribution in [0.1, 0.15) is 30.4 Å². The standard InChI is InChI=1S/C19H22NO3.C6H16N2.3CH3.Sn/c1-19(2,3)23-18(21)20(14-15-8-6-5-7-9-15)16-10-12-17(22-4)13-11-16;1-7(2)5-6-8(3)4;;;;/h5-14H,1-4H3;5-6H2,1-4H3;3*1H3;. The first-order valence-electron chi connectivity index (χ1n) is 12.2. The molecule has 2 aromatic rings. The molecule has 1 amide bonds. The average Bonchev–Trinajstić information content (AvgIpc) is 2.75. The average molecular weight is 592 g/mol. The van der Waals surface area contributed by atoms with Crippen LogP contribution in [-0.2, 0) is 4.74 Å². The maximum atomic E-state index is 13.3. The second-order valence-corrected chi connectivity index (χ2v) is 26.4. The molecule has 0 radical (unpaired) electrons. The van der Waals surface area contributed by atoms with Gasteiger partial charge in [-0.05, 0) is 28.2 Å². The monoisotopic (exact) mass is 593 g/mol. The number of hydrogen-bond acceptors (Lipinski definition) is 5. The molecule has 0 saturated carbocycles. The topological polar surface area (TPSA) is 45.2 Å². The number of likely N-dealkylation sites (N-methyl/N-ethyl adjacent to an activating group) is 2. The molecule has 0 saturated heterocycles. The summed E-state index contributed by atoms with van der Waals surface area (Å²) >= 11 is -2.67. The van der Waals surface area contributed by atoms with Crippen molar-refractivity contribution in [3.63, 3.8) is 0 Å². The minimum absolute atomic E-state index is 0.0174. The first-order chi connectivity index (χ1) is 16.2. The Balaban J connectivity index is 0.000000658. The Morgan fingerprint density at radius 2 is 1.34 bits per heavy atom. The van der Waals surface area contributed by atoms with E-state index in [1.165, 1.54) is 0 Å². The van der Waals surface area contributed by atoms with Gasteiger partial charge in [0.1, 0.15) is 0 Å². The van der Waals surface area contributed by atoms with Gasteiger partial charge in [0, 0.05) is 13.1 Å². The van der Waals surface area contributed by atoms with Crippen LogP contribution < -0.4 is 9.64 Å². The van der Waals surface area contributed by atoms with E-state index in [0.29, 0.717) is 0 Å². The Hall–Kier alpha value is -1.77. The van der Waals surface area contributed by atoms with Crippen LogP contribution in [0.3, 0.4) is 0 Å². The van der Waals surface area contributed by atoms with Crippen molar-refractivity contribution >= 4 is 30.2 Å². The van der Waals surface area contributed by atoms with Gasteiger partial charge < -0.3 is 9.80 Å². The SMILES string of the molecule is CN(C)CCN(C)C.COc1ccc(N(C(=O)OC(C)(C)C)[C@H](c2ccccc2)[Sn]([CH3])([CH3])[CH3])cc1. The van der Waals surface area contributed by atoms with Gasteiger partial charge in [0.15, 0.2) is 0 Å². The van der Waals surface area contributed by atoms with Crippen molar-refractivity contribution in [1.29, 1.82) is 0 Å². The first kappa shape index (κ1) is 31.3. The van der Waals surface area contributed by atoms with Gasteiger partial charge >= 0.3 is 168 Å². The van der Waals surface area contributed by atoms with Crippen LogP contribution in [0.15, 0.2) is 54.6 Å². The molecule has 7 heteroatoms. The van der Waals surface area contributed by atoms with Gasteiger partial charge in [-0.3, -0.25) is 0 Å². The van der Waals surface area contributed by atoms with Crippen LogP contribution in [0.25, 0.3) is 0 Å². The molecule has 0 aliphatic rings. The number of ether oxygens (including phenoxy) is 2. The molecule has 1 atom stereocenters. The number of carbonyl (C=O) groups excluding carboxylic acids is 1. The van der Waals surface area contributed by atoms with Crippen molar-refractivity contribution in [2.75, 3.05) is 53.3 Å². The van der Waals surface area contributed by atoms with E-state index in [0.717, 1.165) is 30.1 Å². The molecule has 0 fully saturated rings. The Labute approximate surface area is 218 Å². The van der Waals surface area contributed by atoms with E-state index in [9.17, 15) is 4.79 Å². The zero-order valence-corrected chi connectivity index (χ0v) is 26.6. The van der Waals surface area contributed by atoms with Crippen LogP contribution >= 0.6 is 0 Å². The van der Waals surface area contributed by atoms with Crippen LogP contribution in [-0.4, -0.2) is 88.3 Å². The molecule has 0 aliphatic heterocycles. The van der Waals surface area contributed by atoms with Gasteiger partial charge in [0.05, 0.1) is 0 Å². The summed E-state index contributed by atoms with van der Waals surface area (Å²) in [5.41, 5.74) is 1.42. The fraction of sp³-hybridized carbons (Fsp3) is 0.536. The summed E-state index contributed by atoms with van der Waals surface area (Å²) in [5.74, 6) is 0.762. The Kier molecular flexibility index (Phi) is 12.6. The summed E-state index contributed by atoms with van der Waals surface area (Å²) in [6.45, 7) is 7.99. The number of anilines is 1. The molecule has 2 rings (SSSR count). The third-order valence-corrected chi connectivity index (χ3v) is 11.5. The summed E-state index contributed by atoms with van der Waals surface area (Å²) in [6.07, 6.45) is -0.312. The molecule has 6 nitrogen and oxygen atoms in total. The molecule has 2 aromatic carbocycles. The zero-order chi connectivity index (χ0) is 26.8. The summed E-state index contributed by atoms with van der Waals surface area (Å²) in [5, 5.41) is 0. The van der Waals surface area contributed by atoms with Crippen molar-refractivity contribution in [3.05, 3.63) is 60.2 Å². The second-order valence-electron chi connectivity index (χ2n) is 11.3. The number of carbonyl (C=O) groups is 1. The summed E-state index contributed by atoms with van der Waals surface area (Å²) < 4.78 is 11.1. The summed E-state index contributed by atoms with van der Waals surface area (Å²) in [6, 6.07) is 17.9. The fourth-order valence-electron chi connectivity index (χ4n) is 3.49. The normalized spacial score (nSPS) is 12.6. The van der Waals surface area contributed by atoms with Crippen molar-refractivity contribution in [2.24, 2.45) is 0 Å². The molecular formula is C28H47N3O3Sn. The molecule has 196 valence electrons. The molecule has 0 aromatic heterocycles. The van der Waals surface area contributed by atoms with Gasteiger partial charge in [0.25, 0.3) is 0 Å². The predicted octanol–water partition coefficient (Wildman–Crippen LogP) is 6.17. The third kappa shape index (κ3) is 11.7. The van der Waals surface area contributed by atoms with Gasteiger partial charge in [-0.25, -0.2) is 0 Å². The molecule has 0 unspecified atom stereocenters. The molecule has 0 N–H and O–H groups in total. The van der Waals surface area contributed by atoms with Crippen molar-refractivity contribution in [2.45, 2.75) is 45.2 Å². The Morgan fingerprint density at radius 1 is 0.857 bits per heavy atom. The van der Waals surface area contributed by atoms with E-state index in [2.05, 4.69) is 64.9 Å². The molecule has 0 spiro atoms. The van der Waals surface area contributed by atoms with Gasteiger partial charge in [-0.2, -0.15) is 0 Å². The summed E-state index contributed by atoms with van der Waals surface area (Å²) in [7, 11) is 9.99. The van der Waals surface area contributed by atoms with Crippen molar-refractivity contribution in [3.8, 4) is 5.75 Å². The van der Waals surface area contributed by atoms with Crippen LogP contribution in [0.2, 0.25) is 14.8 Å². The molecule has 0 aliphatic carbocycles. The van der Waals surface area contributed by atoms with Gasteiger partial charge in [-0.15, -0.1) is 0 Å². The zero-order valence-electron chi connectivity index (χ0n) is 23.8. The van der Waals surface area contributed by atoms with Gasteiger partial charge in [-0.1, -0.05) is 0 Å². The number of benzene rings is 2. The molecule has 35 heavy (non-hydrogen) atoms. The number of rotatable bonds is 8. The Morgan fingerprint density at radius 3 is 1.71 bits per heavy atom. The molecule has 0 bridgehead atoms. The number of hydrogen-bond donors (Lipinski definition) is 0. The second kappa shape index (κ2) is 14.1. The van der Waals surface area contributed by atoms with Crippen molar-refractivity contribution in [1.82, 2.24) is 9.80 Å². The van der Waals surface area contributed by atoms with E-state index in [1.54, 1.807) is 7.11 Å². The quantitative estimate of drug-likeness (QED) is 0.344. The number of nitrogens with zero attached hydrogens (tertiary/aromatic N) is 3. The van der Waals surface area contributed by atoms with E-state index >= 15 is 0 Å². The Bertz CT molecular complexity index is 865. The predicted molar refractivity (Wildman–Crippen MR) is 151 cm³/mol. The number of amides is 1. The molecular weight excluding hydrogens is 545 g/mol. The van der Waals surface area contributed by atoms with Crippen LogP contribution in [0.4, 0.5) is 10.5 Å². The van der Waals surface area contributed by atoms with E-state index in [1.807, 2.05) is 68.1 Å². The van der Waals surface area contributed by atoms with Crippen LogP contribution in [0, 0.1) is 0 Å². The number of methoxy groups -OCH3 is 1. The van der Waals surface area contributed by atoms with Crippen LogP contribution in [0.5, 0.6) is 5.75 Å². The molecule has 0 heterocycles. The van der Waals surface area contributed by atoms with E-state index in [4.69, 9.17) is 9.47 Å². The summed E-state index contributed by atoms with van der Waals surface area (Å²) in [4.78, 5) is 26.5. The van der Waals surface area contributed by atoms with E-state index < -0.39 is 24.0 Å². The van der Waals surface area contributed by atoms with Gasteiger partial charge in [0.2, 0.25) is 0 Å².